The molecule has 0 spiro atoms. The van der Waals surface area contributed by atoms with Crippen LogP contribution in [0.3, 0.4) is 0 Å². The van der Waals surface area contributed by atoms with Gasteiger partial charge < -0.3 is 15.3 Å². The number of phenols is 2. The number of para-hydroxylation sites is 2. The van der Waals surface area contributed by atoms with Crippen LogP contribution < -0.4 is 4.90 Å². The van der Waals surface area contributed by atoms with Crippen molar-refractivity contribution in [3.8, 4) is 11.5 Å². The minimum atomic E-state index is -0.988. The molecule has 0 bridgehead atoms. The first-order valence-corrected chi connectivity index (χ1v) is 10.2. The zero-order chi connectivity index (χ0) is 22.3. The molecule has 1 aliphatic rings. The zero-order valence-corrected chi connectivity index (χ0v) is 18.0. The van der Waals surface area contributed by atoms with Crippen LogP contribution in [0.1, 0.15) is 22.7 Å². The number of amides is 1. The lowest BCUT2D eigenvalue weighted by atomic mass is 9.94. The summed E-state index contributed by atoms with van der Waals surface area (Å²) in [5, 5.41) is 31.1. The molecular formula is C24H18BrNO5. The molecule has 7 heteroatoms. The monoisotopic (exact) mass is 479 g/mol. The number of carbonyl (C=O) groups is 2. The summed E-state index contributed by atoms with van der Waals surface area (Å²) in [6.07, 6.45) is 0. The summed E-state index contributed by atoms with van der Waals surface area (Å²) in [6.45, 7) is 1.85. The highest BCUT2D eigenvalue weighted by Gasteiger charge is 2.47. The van der Waals surface area contributed by atoms with Crippen molar-refractivity contribution in [1.29, 1.82) is 0 Å². The summed E-state index contributed by atoms with van der Waals surface area (Å²) in [6, 6.07) is 16.3. The number of anilines is 1. The van der Waals surface area contributed by atoms with Crippen molar-refractivity contribution in [3.63, 3.8) is 0 Å². The van der Waals surface area contributed by atoms with E-state index in [1.54, 1.807) is 42.5 Å². The smallest absolute Gasteiger partial charge is 0.300 e. The molecule has 1 saturated heterocycles. The fourth-order valence-corrected chi connectivity index (χ4v) is 3.92. The Labute approximate surface area is 186 Å². The van der Waals surface area contributed by atoms with Crippen molar-refractivity contribution in [1.82, 2.24) is 0 Å². The number of carbonyl (C=O) groups excluding carboxylic acids is 2. The van der Waals surface area contributed by atoms with Gasteiger partial charge in [-0.15, -0.1) is 0 Å². The third-order valence-electron chi connectivity index (χ3n) is 5.23. The first kappa shape index (κ1) is 20.7. The molecule has 3 aromatic carbocycles. The van der Waals surface area contributed by atoms with Crippen LogP contribution in [0.2, 0.25) is 0 Å². The molecule has 0 aliphatic carbocycles. The van der Waals surface area contributed by atoms with Crippen molar-refractivity contribution in [2.45, 2.75) is 13.0 Å². The topological polar surface area (TPSA) is 98.1 Å². The van der Waals surface area contributed by atoms with E-state index >= 15 is 0 Å². The third-order valence-corrected chi connectivity index (χ3v) is 6.12. The number of aromatic hydroxyl groups is 2. The van der Waals surface area contributed by atoms with Gasteiger partial charge in [0.05, 0.1) is 17.3 Å². The molecule has 1 fully saturated rings. The van der Waals surface area contributed by atoms with Crippen molar-refractivity contribution in [3.05, 3.63) is 93.5 Å². The SMILES string of the molecule is Cc1cc(/C(O)=C2/C(=O)C(=O)N(c3ccccc3O)C2c2ccc(O)cc2)ccc1Br. The predicted octanol–water partition coefficient (Wildman–Crippen LogP) is 4.80. The molecule has 1 atom stereocenters. The molecular weight excluding hydrogens is 462 g/mol. The molecule has 156 valence electrons. The molecule has 6 nitrogen and oxygen atoms in total. The van der Waals surface area contributed by atoms with Gasteiger partial charge in [0.1, 0.15) is 17.3 Å². The number of phenolic OH excluding ortho intramolecular Hbond substituents is 2. The number of hydrogen-bond donors (Lipinski definition) is 3. The summed E-state index contributed by atoms with van der Waals surface area (Å²) >= 11 is 3.41. The number of benzene rings is 3. The van der Waals surface area contributed by atoms with Crippen LogP contribution in [0, 0.1) is 6.92 Å². The van der Waals surface area contributed by atoms with Crippen molar-refractivity contribution in [2.75, 3.05) is 4.90 Å². The molecule has 1 heterocycles. The van der Waals surface area contributed by atoms with Gasteiger partial charge in [0.25, 0.3) is 11.7 Å². The van der Waals surface area contributed by atoms with Gasteiger partial charge in [-0.2, -0.15) is 0 Å². The third kappa shape index (κ3) is 3.57. The summed E-state index contributed by atoms with van der Waals surface area (Å²) < 4.78 is 0.841. The van der Waals surface area contributed by atoms with E-state index in [4.69, 9.17) is 0 Å². The highest BCUT2D eigenvalue weighted by Crippen LogP contribution is 2.44. The zero-order valence-electron chi connectivity index (χ0n) is 16.4. The lowest BCUT2D eigenvalue weighted by Gasteiger charge is -2.26. The van der Waals surface area contributed by atoms with Gasteiger partial charge >= 0.3 is 0 Å². The minimum Gasteiger partial charge on any atom is -0.508 e. The number of rotatable bonds is 3. The minimum absolute atomic E-state index is 0.0202. The summed E-state index contributed by atoms with van der Waals surface area (Å²) in [4.78, 5) is 27.3. The Balaban J connectivity index is 1.97. The Morgan fingerprint density at radius 3 is 2.29 bits per heavy atom. The van der Waals surface area contributed by atoms with Crippen molar-refractivity contribution in [2.24, 2.45) is 0 Å². The maximum absolute atomic E-state index is 13.1. The molecule has 31 heavy (non-hydrogen) atoms. The maximum atomic E-state index is 13.1. The van der Waals surface area contributed by atoms with Crippen LogP contribution in [-0.2, 0) is 9.59 Å². The maximum Gasteiger partial charge on any atom is 0.300 e. The predicted molar refractivity (Wildman–Crippen MR) is 120 cm³/mol. The number of nitrogens with zero attached hydrogens (tertiary/aromatic N) is 1. The van der Waals surface area contributed by atoms with Gasteiger partial charge in [-0.3, -0.25) is 14.5 Å². The second-order valence-corrected chi connectivity index (χ2v) is 8.07. The van der Waals surface area contributed by atoms with Crippen LogP contribution in [0.25, 0.3) is 5.76 Å². The van der Waals surface area contributed by atoms with Gasteiger partial charge in [-0.25, -0.2) is 0 Å². The molecule has 1 amide bonds. The highest BCUT2D eigenvalue weighted by molar-refractivity contribution is 9.10. The molecule has 0 saturated carbocycles. The van der Waals surface area contributed by atoms with Gasteiger partial charge in [-0.1, -0.05) is 46.3 Å². The Morgan fingerprint density at radius 1 is 0.968 bits per heavy atom. The Morgan fingerprint density at radius 2 is 1.65 bits per heavy atom. The number of ketones is 1. The second kappa shape index (κ2) is 7.92. The van der Waals surface area contributed by atoms with E-state index in [1.807, 2.05) is 6.92 Å². The quantitative estimate of drug-likeness (QED) is 0.284. The number of halogens is 1. The van der Waals surface area contributed by atoms with Crippen molar-refractivity contribution >= 4 is 39.1 Å². The van der Waals surface area contributed by atoms with E-state index in [0.29, 0.717) is 11.1 Å². The van der Waals surface area contributed by atoms with E-state index < -0.39 is 17.7 Å². The summed E-state index contributed by atoms with van der Waals surface area (Å²) in [5.41, 5.74) is 1.78. The lowest BCUT2D eigenvalue weighted by molar-refractivity contribution is -0.132. The van der Waals surface area contributed by atoms with E-state index in [9.17, 15) is 24.9 Å². The number of aryl methyl sites for hydroxylation is 1. The van der Waals surface area contributed by atoms with Gasteiger partial charge in [-0.05, 0) is 54.4 Å². The van der Waals surface area contributed by atoms with Crippen LogP contribution in [0.15, 0.2) is 76.8 Å². The summed E-state index contributed by atoms with van der Waals surface area (Å²) in [7, 11) is 0. The largest absolute Gasteiger partial charge is 0.508 e. The van der Waals surface area contributed by atoms with Crippen LogP contribution in [0.4, 0.5) is 5.69 Å². The molecule has 1 unspecified atom stereocenters. The molecule has 0 aromatic heterocycles. The number of aliphatic hydroxyl groups is 1. The Kier molecular flexibility index (Phi) is 5.29. The average Bonchev–Trinajstić information content (AvgIpc) is 3.01. The Hall–Kier alpha value is -3.58. The fraction of sp³-hybridized carbons (Fsp3) is 0.0833. The van der Waals surface area contributed by atoms with E-state index in [2.05, 4.69) is 15.9 Å². The standard InChI is InChI=1S/C24H18BrNO5/c1-13-12-15(8-11-17(13)25)22(29)20-21(14-6-9-16(27)10-7-14)26(24(31)23(20)30)18-4-2-3-5-19(18)28/h2-12,21,27-29H,1H3/b22-20-. The molecule has 0 radical (unpaired) electrons. The first-order valence-electron chi connectivity index (χ1n) is 9.44. The van der Waals surface area contributed by atoms with E-state index in [1.165, 1.54) is 29.2 Å². The van der Waals surface area contributed by atoms with E-state index in [0.717, 1.165) is 10.0 Å². The molecule has 4 rings (SSSR count). The highest BCUT2D eigenvalue weighted by atomic mass is 79.9. The van der Waals surface area contributed by atoms with Crippen LogP contribution in [0.5, 0.6) is 11.5 Å². The van der Waals surface area contributed by atoms with Crippen LogP contribution in [-0.4, -0.2) is 27.0 Å². The number of aliphatic hydroxyl groups excluding tert-OH is 1. The average molecular weight is 480 g/mol. The van der Waals surface area contributed by atoms with Crippen LogP contribution >= 0.6 is 15.9 Å². The Bertz CT molecular complexity index is 1230. The van der Waals surface area contributed by atoms with Gasteiger partial charge in [0.15, 0.2) is 0 Å². The lowest BCUT2D eigenvalue weighted by Crippen LogP contribution is -2.29. The summed E-state index contributed by atoms with van der Waals surface area (Å²) in [5.74, 6) is -2.20. The molecule has 3 aromatic rings. The molecule has 3 N–H and O–H groups in total. The van der Waals surface area contributed by atoms with E-state index in [-0.39, 0.29) is 28.5 Å². The second-order valence-electron chi connectivity index (χ2n) is 7.21. The van der Waals surface area contributed by atoms with Gasteiger partial charge in [0, 0.05) is 10.0 Å². The first-order chi connectivity index (χ1) is 14.8. The van der Waals surface area contributed by atoms with Crippen molar-refractivity contribution < 1.29 is 24.9 Å². The fourth-order valence-electron chi connectivity index (χ4n) is 3.67. The number of Topliss-reactive ketones (excluding diaryl/α,β-unsaturated/α-hetero) is 1. The normalized spacial score (nSPS) is 17.9. The van der Waals surface area contributed by atoms with Gasteiger partial charge in [0.2, 0.25) is 0 Å². The molecule has 1 aliphatic heterocycles. The number of hydrogen-bond acceptors (Lipinski definition) is 5.